The van der Waals surface area contributed by atoms with Crippen molar-refractivity contribution < 1.29 is 27.1 Å². The summed E-state index contributed by atoms with van der Waals surface area (Å²) in [5, 5.41) is 10.3. The van der Waals surface area contributed by atoms with Crippen LogP contribution in [0.15, 0.2) is 48.5 Å². The normalized spacial score (nSPS) is 14.9. The predicted octanol–water partition coefficient (Wildman–Crippen LogP) is 4.84. The number of anilines is 1. The summed E-state index contributed by atoms with van der Waals surface area (Å²) in [7, 11) is 3.36. The van der Waals surface area contributed by atoms with Crippen LogP contribution in [0.4, 0.5) is 27.6 Å². The summed E-state index contributed by atoms with van der Waals surface area (Å²) in [4.78, 5) is 1.64. The molecular formula is C17H15ClF5NO. The molecule has 2 aromatic carbocycles. The summed E-state index contributed by atoms with van der Waals surface area (Å²) in [6.45, 7) is 0. The molecule has 2 rings (SSSR count). The quantitative estimate of drug-likeness (QED) is 0.768. The molecule has 1 N–H and O–H groups in total. The molecule has 0 aliphatic heterocycles. The number of aliphatic hydroxyl groups is 1. The third-order valence-corrected chi connectivity index (χ3v) is 4.21. The lowest BCUT2D eigenvalue weighted by atomic mass is 9.80. The number of rotatable bonds is 4. The lowest BCUT2D eigenvalue weighted by Crippen LogP contribution is -2.55. The molecule has 0 aliphatic carbocycles. The maximum atomic E-state index is 14.3. The van der Waals surface area contributed by atoms with Crippen molar-refractivity contribution in [3.63, 3.8) is 0 Å². The van der Waals surface area contributed by atoms with Gasteiger partial charge in [0.1, 0.15) is 0 Å². The molecule has 0 bridgehead atoms. The summed E-state index contributed by atoms with van der Waals surface area (Å²) >= 11 is 5.83. The summed E-state index contributed by atoms with van der Waals surface area (Å²) in [6.07, 6.45) is -5.98. The molecule has 0 aliphatic rings. The van der Waals surface area contributed by atoms with Gasteiger partial charge in [0.05, 0.1) is 0 Å². The summed E-state index contributed by atoms with van der Waals surface area (Å²) in [6, 6.07) is 9.41. The highest BCUT2D eigenvalue weighted by Crippen LogP contribution is 2.53. The molecule has 1 unspecified atom stereocenters. The van der Waals surface area contributed by atoms with E-state index in [1.807, 2.05) is 0 Å². The van der Waals surface area contributed by atoms with Crippen molar-refractivity contribution in [2.75, 3.05) is 19.0 Å². The zero-order valence-corrected chi connectivity index (χ0v) is 14.0. The fourth-order valence-corrected chi connectivity index (χ4v) is 2.74. The van der Waals surface area contributed by atoms with Gasteiger partial charge in [0, 0.05) is 30.4 Å². The highest BCUT2D eigenvalue weighted by molar-refractivity contribution is 6.31. The standard InChI is InChI=1S/C17H15ClF5NO/c1-24(2)12-9-7-11(8-10-12)15(25,16(19,20)17(21,22)23)13-5-3-4-6-14(13)18/h3-10,25H,1-2H3. The first-order valence-electron chi connectivity index (χ1n) is 7.12. The maximum absolute atomic E-state index is 14.3. The van der Waals surface area contributed by atoms with E-state index < -0.39 is 33.8 Å². The Morgan fingerprint density at radius 1 is 0.880 bits per heavy atom. The predicted molar refractivity (Wildman–Crippen MR) is 86.2 cm³/mol. The van der Waals surface area contributed by atoms with E-state index in [0.29, 0.717) is 5.69 Å². The van der Waals surface area contributed by atoms with Crippen molar-refractivity contribution >= 4 is 17.3 Å². The van der Waals surface area contributed by atoms with E-state index in [9.17, 15) is 27.1 Å². The van der Waals surface area contributed by atoms with Gasteiger partial charge in [-0.1, -0.05) is 41.9 Å². The minimum absolute atomic E-state index is 0.398. The zero-order chi connectivity index (χ0) is 19.0. The topological polar surface area (TPSA) is 23.5 Å². The highest BCUT2D eigenvalue weighted by atomic mass is 35.5. The average molecular weight is 380 g/mol. The lowest BCUT2D eigenvalue weighted by molar-refractivity contribution is -0.336. The molecule has 0 saturated heterocycles. The van der Waals surface area contributed by atoms with Crippen LogP contribution in [0.1, 0.15) is 11.1 Å². The average Bonchev–Trinajstić information content (AvgIpc) is 2.53. The van der Waals surface area contributed by atoms with Crippen LogP contribution in [0.3, 0.4) is 0 Å². The van der Waals surface area contributed by atoms with E-state index in [-0.39, 0.29) is 0 Å². The Morgan fingerprint density at radius 3 is 1.84 bits per heavy atom. The van der Waals surface area contributed by atoms with E-state index in [0.717, 1.165) is 24.3 Å². The van der Waals surface area contributed by atoms with Crippen LogP contribution >= 0.6 is 11.6 Å². The molecule has 136 valence electrons. The lowest BCUT2D eigenvalue weighted by Gasteiger charge is -2.38. The second-order valence-electron chi connectivity index (χ2n) is 5.70. The monoisotopic (exact) mass is 379 g/mol. The van der Waals surface area contributed by atoms with E-state index in [2.05, 4.69) is 0 Å². The number of nitrogens with zero attached hydrogens (tertiary/aromatic N) is 1. The molecule has 8 heteroatoms. The molecular weight excluding hydrogens is 365 g/mol. The van der Waals surface area contributed by atoms with Gasteiger partial charge in [-0.05, 0) is 23.8 Å². The summed E-state index contributed by atoms with van der Waals surface area (Å²) < 4.78 is 67.9. The van der Waals surface area contributed by atoms with Crippen LogP contribution in [0.25, 0.3) is 0 Å². The first kappa shape index (κ1) is 19.5. The molecule has 0 aromatic heterocycles. The molecule has 0 spiro atoms. The van der Waals surface area contributed by atoms with Crippen molar-refractivity contribution in [2.45, 2.75) is 17.7 Å². The SMILES string of the molecule is CN(C)c1ccc(C(O)(c2ccccc2Cl)C(F)(F)C(F)(F)F)cc1. The number of hydrogen-bond donors (Lipinski definition) is 1. The van der Waals surface area contributed by atoms with Gasteiger partial charge in [0.2, 0.25) is 0 Å². The van der Waals surface area contributed by atoms with Crippen LogP contribution in [0.5, 0.6) is 0 Å². The highest BCUT2D eigenvalue weighted by Gasteiger charge is 2.71. The number of alkyl halides is 5. The van der Waals surface area contributed by atoms with Gasteiger partial charge >= 0.3 is 12.1 Å². The second-order valence-corrected chi connectivity index (χ2v) is 6.11. The van der Waals surface area contributed by atoms with E-state index in [1.165, 1.54) is 24.3 Å². The third-order valence-electron chi connectivity index (χ3n) is 3.88. The van der Waals surface area contributed by atoms with E-state index >= 15 is 0 Å². The molecule has 2 aromatic rings. The number of hydrogen-bond acceptors (Lipinski definition) is 2. The third kappa shape index (κ3) is 3.18. The van der Waals surface area contributed by atoms with Gasteiger partial charge < -0.3 is 10.0 Å². The Balaban J connectivity index is 2.76. The van der Waals surface area contributed by atoms with Gasteiger partial charge in [-0.25, -0.2) is 0 Å². The van der Waals surface area contributed by atoms with E-state index in [1.54, 1.807) is 19.0 Å². The molecule has 0 heterocycles. The molecule has 1 atom stereocenters. The zero-order valence-electron chi connectivity index (χ0n) is 13.3. The number of halogens is 6. The van der Waals surface area contributed by atoms with Crippen LogP contribution in [0.2, 0.25) is 5.02 Å². The first-order valence-corrected chi connectivity index (χ1v) is 7.50. The minimum atomic E-state index is -5.98. The maximum Gasteiger partial charge on any atom is 0.457 e. The second kappa shape index (κ2) is 6.46. The molecule has 0 amide bonds. The van der Waals surface area contributed by atoms with Crippen molar-refractivity contribution in [1.82, 2.24) is 0 Å². The minimum Gasteiger partial charge on any atom is -0.378 e. The molecule has 0 radical (unpaired) electrons. The van der Waals surface area contributed by atoms with Crippen molar-refractivity contribution in [1.29, 1.82) is 0 Å². The van der Waals surface area contributed by atoms with Gasteiger partial charge in [-0.15, -0.1) is 0 Å². The van der Waals surface area contributed by atoms with Crippen molar-refractivity contribution in [2.24, 2.45) is 0 Å². The molecule has 25 heavy (non-hydrogen) atoms. The Labute approximate surface area is 146 Å². The van der Waals surface area contributed by atoms with Crippen LogP contribution in [-0.4, -0.2) is 31.3 Å². The van der Waals surface area contributed by atoms with Crippen molar-refractivity contribution in [3.05, 3.63) is 64.7 Å². The first-order chi connectivity index (χ1) is 11.4. The molecule has 0 saturated carbocycles. The Kier molecular flexibility index (Phi) is 5.03. The van der Waals surface area contributed by atoms with E-state index in [4.69, 9.17) is 11.6 Å². The Morgan fingerprint density at radius 2 is 1.40 bits per heavy atom. The smallest absolute Gasteiger partial charge is 0.378 e. The van der Waals surface area contributed by atoms with Gasteiger partial charge in [0.25, 0.3) is 0 Å². The van der Waals surface area contributed by atoms with Crippen LogP contribution in [-0.2, 0) is 5.60 Å². The van der Waals surface area contributed by atoms with Gasteiger partial charge in [-0.2, -0.15) is 22.0 Å². The van der Waals surface area contributed by atoms with Gasteiger partial charge in [-0.3, -0.25) is 0 Å². The Bertz CT molecular complexity index is 745. The summed E-state index contributed by atoms with van der Waals surface area (Å²) in [5.74, 6) is -5.47. The van der Waals surface area contributed by atoms with Crippen LogP contribution in [0, 0.1) is 0 Å². The summed E-state index contributed by atoms with van der Waals surface area (Å²) in [5.41, 5.74) is -4.44. The largest absolute Gasteiger partial charge is 0.457 e. The van der Waals surface area contributed by atoms with Crippen molar-refractivity contribution in [3.8, 4) is 0 Å². The Hall–Kier alpha value is -1.86. The van der Waals surface area contributed by atoms with Gasteiger partial charge in [0.15, 0.2) is 5.60 Å². The fourth-order valence-electron chi connectivity index (χ4n) is 2.47. The van der Waals surface area contributed by atoms with Crippen LogP contribution < -0.4 is 4.90 Å². The fraction of sp³-hybridized carbons (Fsp3) is 0.294. The molecule has 2 nitrogen and oxygen atoms in total. The molecule has 0 fully saturated rings. The number of benzene rings is 2.